The van der Waals surface area contributed by atoms with E-state index >= 15 is 0 Å². The van der Waals surface area contributed by atoms with Crippen LogP contribution in [0.3, 0.4) is 0 Å². The third-order valence-electron chi connectivity index (χ3n) is 6.91. The zero-order valence-electron chi connectivity index (χ0n) is 19.4. The third-order valence-corrected chi connectivity index (χ3v) is 6.91. The molecule has 1 aliphatic rings. The van der Waals surface area contributed by atoms with Crippen LogP contribution >= 0.6 is 0 Å². The van der Waals surface area contributed by atoms with E-state index in [0.29, 0.717) is 5.56 Å². The van der Waals surface area contributed by atoms with E-state index in [0.717, 1.165) is 35.1 Å². The average molecular weight is 450 g/mol. The molecule has 4 aromatic carbocycles. The fourth-order valence-corrected chi connectivity index (χ4v) is 5.06. The summed E-state index contributed by atoms with van der Waals surface area (Å²) in [4.78, 5) is 15.8. The summed E-state index contributed by atoms with van der Waals surface area (Å²) in [5.41, 5.74) is 7.42. The van der Waals surface area contributed by atoms with Gasteiger partial charge in [-0.15, -0.1) is 0 Å². The number of hydrogen-bond donors (Lipinski definition) is 0. The van der Waals surface area contributed by atoms with Crippen molar-refractivity contribution in [2.24, 2.45) is 0 Å². The van der Waals surface area contributed by atoms with Crippen molar-refractivity contribution in [2.45, 2.75) is 38.8 Å². The monoisotopic (exact) mass is 449 g/mol. The maximum absolute atomic E-state index is 14.6. The van der Waals surface area contributed by atoms with Crippen LogP contribution < -0.4 is 0 Å². The lowest BCUT2D eigenvalue weighted by Gasteiger charge is -2.30. The number of carbonyl (C=O) groups excluding carboxylic acids is 1. The first-order valence-electron chi connectivity index (χ1n) is 11.8. The molecule has 0 saturated heterocycles. The van der Waals surface area contributed by atoms with Crippen LogP contribution in [0.15, 0.2) is 97.1 Å². The molecule has 0 fully saturated rings. The summed E-state index contributed by atoms with van der Waals surface area (Å²) >= 11 is 0. The van der Waals surface area contributed by atoms with Gasteiger partial charge in [-0.1, -0.05) is 91.0 Å². The summed E-state index contributed by atoms with van der Waals surface area (Å²) in [6.07, 6.45) is 1.89. The largest absolute Gasteiger partial charge is 0.334 e. The van der Waals surface area contributed by atoms with Gasteiger partial charge in [-0.3, -0.25) is 4.79 Å². The molecule has 0 radical (unpaired) electrons. The van der Waals surface area contributed by atoms with Gasteiger partial charge in [-0.25, -0.2) is 4.39 Å². The number of amides is 1. The summed E-state index contributed by atoms with van der Waals surface area (Å²) in [5, 5.41) is 0. The predicted octanol–water partition coefficient (Wildman–Crippen LogP) is 6.54. The Kier molecular flexibility index (Phi) is 6.27. The van der Waals surface area contributed by atoms with Gasteiger partial charge < -0.3 is 4.90 Å². The molecule has 5 rings (SSSR count). The fraction of sp³-hybridized carbons (Fsp3) is 0.194. The van der Waals surface area contributed by atoms with Gasteiger partial charge in [-0.05, 0) is 59.2 Å². The van der Waals surface area contributed by atoms with Gasteiger partial charge >= 0.3 is 0 Å². The molecule has 3 heteroatoms. The minimum absolute atomic E-state index is 0.0219. The van der Waals surface area contributed by atoms with Crippen LogP contribution in [0.5, 0.6) is 0 Å². The van der Waals surface area contributed by atoms with E-state index in [9.17, 15) is 9.18 Å². The van der Waals surface area contributed by atoms with E-state index in [1.165, 1.54) is 17.2 Å². The molecule has 0 heterocycles. The summed E-state index contributed by atoms with van der Waals surface area (Å²) in [6.45, 7) is 2.33. The zero-order valence-corrected chi connectivity index (χ0v) is 19.4. The second-order valence-electron chi connectivity index (χ2n) is 9.09. The van der Waals surface area contributed by atoms with Gasteiger partial charge in [-0.2, -0.15) is 0 Å². The molecule has 1 amide bonds. The Morgan fingerprint density at radius 3 is 2.18 bits per heavy atom. The summed E-state index contributed by atoms with van der Waals surface area (Å²) in [7, 11) is 0. The van der Waals surface area contributed by atoms with Gasteiger partial charge in [0, 0.05) is 18.2 Å². The molecule has 0 aromatic heterocycles. The molecular formula is C31H28FNO. The molecule has 0 atom stereocenters. The van der Waals surface area contributed by atoms with Crippen molar-refractivity contribution >= 4 is 5.91 Å². The van der Waals surface area contributed by atoms with Gasteiger partial charge in [0.05, 0.1) is 6.42 Å². The normalized spacial score (nSPS) is 13.0. The predicted molar refractivity (Wildman–Crippen MR) is 135 cm³/mol. The fourth-order valence-electron chi connectivity index (χ4n) is 5.06. The van der Waals surface area contributed by atoms with Crippen LogP contribution in [-0.4, -0.2) is 16.8 Å². The molecule has 4 aromatic rings. The molecule has 34 heavy (non-hydrogen) atoms. The smallest absolute Gasteiger partial charge is 0.227 e. The minimum atomic E-state index is -0.267. The SMILES string of the molecule is Cc1cccc(-c2ccccc2)c1CC(=O)N(Cc1ccccc1F)C1Cc2ccccc2C1. The molecule has 0 N–H and O–H groups in total. The molecular weight excluding hydrogens is 421 g/mol. The minimum Gasteiger partial charge on any atom is -0.334 e. The van der Waals surface area contributed by atoms with E-state index in [2.05, 4.69) is 43.3 Å². The van der Waals surface area contributed by atoms with Crippen molar-refractivity contribution in [2.75, 3.05) is 0 Å². The number of aryl methyl sites for hydroxylation is 1. The topological polar surface area (TPSA) is 20.3 Å². The lowest BCUT2D eigenvalue weighted by molar-refractivity contribution is -0.133. The summed E-state index contributed by atoms with van der Waals surface area (Å²) in [6, 6.07) is 31.5. The van der Waals surface area contributed by atoms with Crippen molar-refractivity contribution in [3.05, 3.63) is 131 Å². The highest BCUT2D eigenvalue weighted by Crippen LogP contribution is 2.30. The third kappa shape index (κ3) is 4.51. The maximum atomic E-state index is 14.6. The van der Waals surface area contributed by atoms with Crippen molar-refractivity contribution < 1.29 is 9.18 Å². The Morgan fingerprint density at radius 1 is 0.824 bits per heavy atom. The second kappa shape index (κ2) is 9.64. The van der Waals surface area contributed by atoms with Crippen molar-refractivity contribution in [1.29, 1.82) is 0 Å². The second-order valence-corrected chi connectivity index (χ2v) is 9.09. The van der Waals surface area contributed by atoms with Gasteiger partial charge in [0.1, 0.15) is 5.82 Å². The first-order valence-corrected chi connectivity index (χ1v) is 11.8. The quantitative estimate of drug-likeness (QED) is 0.327. The standard InChI is InChI=1S/C31H28FNO/c1-22-10-9-16-28(23-11-3-2-4-12-23)29(22)20-31(34)33(21-26-15-7-8-17-30(26)32)27-18-24-13-5-6-14-25(24)19-27/h2-17,27H,18-21H2,1H3. The number of carbonyl (C=O) groups is 1. The molecule has 0 aliphatic heterocycles. The first kappa shape index (κ1) is 22.1. The van der Waals surface area contributed by atoms with Crippen LogP contribution in [0.25, 0.3) is 11.1 Å². The van der Waals surface area contributed by atoms with Crippen LogP contribution in [-0.2, 0) is 30.6 Å². The lowest BCUT2D eigenvalue weighted by atomic mass is 9.93. The summed E-state index contributed by atoms with van der Waals surface area (Å²) in [5.74, 6) is -0.232. The van der Waals surface area contributed by atoms with E-state index in [1.807, 2.05) is 47.4 Å². The number of benzene rings is 4. The molecule has 170 valence electrons. The number of hydrogen-bond acceptors (Lipinski definition) is 1. The molecule has 2 nitrogen and oxygen atoms in total. The highest BCUT2D eigenvalue weighted by molar-refractivity contribution is 5.83. The molecule has 0 unspecified atom stereocenters. The highest BCUT2D eigenvalue weighted by atomic mass is 19.1. The number of nitrogens with zero attached hydrogens (tertiary/aromatic N) is 1. The van der Waals surface area contributed by atoms with E-state index in [1.54, 1.807) is 12.1 Å². The van der Waals surface area contributed by atoms with Crippen molar-refractivity contribution in [3.63, 3.8) is 0 Å². The van der Waals surface area contributed by atoms with E-state index < -0.39 is 0 Å². The number of halogens is 1. The first-order chi connectivity index (χ1) is 16.6. The highest BCUT2D eigenvalue weighted by Gasteiger charge is 2.31. The van der Waals surface area contributed by atoms with Gasteiger partial charge in [0.15, 0.2) is 0 Å². The Morgan fingerprint density at radius 2 is 1.47 bits per heavy atom. The average Bonchev–Trinajstić information content (AvgIpc) is 3.29. The molecule has 0 saturated carbocycles. The van der Waals surface area contributed by atoms with Gasteiger partial charge in [0.2, 0.25) is 5.91 Å². The molecule has 0 spiro atoms. The van der Waals surface area contributed by atoms with Crippen molar-refractivity contribution in [3.8, 4) is 11.1 Å². The number of rotatable bonds is 6. The number of fused-ring (bicyclic) bond motifs is 1. The lowest BCUT2D eigenvalue weighted by Crippen LogP contribution is -2.41. The Bertz CT molecular complexity index is 1290. The van der Waals surface area contributed by atoms with Crippen LogP contribution in [0.2, 0.25) is 0 Å². The zero-order chi connectivity index (χ0) is 23.5. The summed E-state index contributed by atoms with van der Waals surface area (Å²) < 4.78 is 14.6. The van der Waals surface area contributed by atoms with Crippen LogP contribution in [0, 0.1) is 12.7 Å². The molecule has 0 bridgehead atoms. The molecule has 1 aliphatic carbocycles. The van der Waals surface area contributed by atoms with Crippen molar-refractivity contribution in [1.82, 2.24) is 4.90 Å². The Labute approximate surface area is 200 Å². The van der Waals surface area contributed by atoms with Crippen LogP contribution in [0.4, 0.5) is 4.39 Å². The van der Waals surface area contributed by atoms with E-state index in [-0.39, 0.29) is 30.7 Å². The Balaban J connectivity index is 1.48. The van der Waals surface area contributed by atoms with Gasteiger partial charge in [0.25, 0.3) is 0 Å². The maximum Gasteiger partial charge on any atom is 0.227 e. The van der Waals surface area contributed by atoms with Crippen LogP contribution in [0.1, 0.15) is 27.8 Å². The Hall–Kier alpha value is -3.72. The van der Waals surface area contributed by atoms with E-state index in [4.69, 9.17) is 0 Å².